The van der Waals surface area contributed by atoms with Crippen LogP contribution in [0.4, 0.5) is 0 Å². The lowest BCUT2D eigenvalue weighted by Gasteiger charge is -2.32. The van der Waals surface area contributed by atoms with E-state index in [1.165, 1.54) is 0 Å². The molecule has 0 aliphatic rings. The van der Waals surface area contributed by atoms with Gasteiger partial charge in [0, 0.05) is 20.7 Å². The second-order valence-corrected chi connectivity index (χ2v) is 4.68. The second kappa shape index (κ2) is 6.55. The molecule has 0 unspecified atom stereocenters. The molecule has 1 rings (SSSR count). The van der Waals surface area contributed by atoms with E-state index in [2.05, 4.69) is 6.92 Å². The van der Waals surface area contributed by atoms with Gasteiger partial charge in [0.15, 0.2) is 5.60 Å². The molecule has 0 saturated carbocycles. The summed E-state index contributed by atoms with van der Waals surface area (Å²) in [5.41, 5.74) is -0.00938. The zero-order chi connectivity index (χ0) is 13.6. The Labute approximate surface area is 110 Å². The zero-order valence-electron chi connectivity index (χ0n) is 11.8. The third-order valence-electron chi connectivity index (χ3n) is 3.33. The van der Waals surface area contributed by atoms with E-state index in [-0.39, 0.29) is 5.91 Å². The van der Waals surface area contributed by atoms with Gasteiger partial charge in [0.05, 0.1) is 0 Å². The molecule has 1 aromatic carbocycles. The summed E-state index contributed by atoms with van der Waals surface area (Å²) in [5.74, 6) is 0.00431. The van der Waals surface area contributed by atoms with Crippen LogP contribution in [-0.2, 0) is 15.1 Å². The first-order valence-corrected chi connectivity index (χ1v) is 6.42. The number of nitrogens with zero attached hydrogens (tertiary/aromatic N) is 1. The number of carbonyl (C=O) groups is 1. The molecule has 0 aliphatic heterocycles. The quantitative estimate of drug-likeness (QED) is 0.776. The van der Waals surface area contributed by atoms with Crippen LogP contribution in [0.15, 0.2) is 30.3 Å². The summed E-state index contributed by atoms with van der Waals surface area (Å²) in [5, 5.41) is 0. The van der Waals surface area contributed by atoms with Crippen LogP contribution in [0, 0.1) is 0 Å². The maximum absolute atomic E-state index is 12.5. The van der Waals surface area contributed by atoms with Crippen LogP contribution in [0.3, 0.4) is 0 Å². The van der Waals surface area contributed by atoms with Gasteiger partial charge < -0.3 is 9.64 Å². The van der Waals surface area contributed by atoms with Crippen molar-refractivity contribution >= 4 is 5.91 Å². The highest BCUT2D eigenvalue weighted by Crippen LogP contribution is 2.26. The Morgan fingerprint density at radius 1 is 1.33 bits per heavy atom. The van der Waals surface area contributed by atoms with Gasteiger partial charge in [-0.1, -0.05) is 43.7 Å². The zero-order valence-corrected chi connectivity index (χ0v) is 11.8. The lowest BCUT2D eigenvalue weighted by atomic mass is 9.94. The summed E-state index contributed by atoms with van der Waals surface area (Å²) < 4.78 is 5.50. The predicted molar refractivity (Wildman–Crippen MR) is 73.3 cm³/mol. The SMILES string of the molecule is CCCCN(C)C(=O)[C@@](C)(OC)c1ccccc1. The fourth-order valence-electron chi connectivity index (χ4n) is 1.95. The van der Waals surface area contributed by atoms with Crippen molar-refractivity contribution in [3.63, 3.8) is 0 Å². The monoisotopic (exact) mass is 249 g/mol. The summed E-state index contributed by atoms with van der Waals surface area (Å²) in [4.78, 5) is 14.3. The summed E-state index contributed by atoms with van der Waals surface area (Å²) in [7, 11) is 3.41. The highest BCUT2D eigenvalue weighted by Gasteiger charge is 2.37. The van der Waals surface area contributed by atoms with Crippen molar-refractivity contribution in [3.05, 3.63) is 35.9 Å². The summed E-state index contributed by atoms with van der Waals surface area (Å²) >= 11 is 0. The first-order chi connectivity index (χ1) is 8.56. The summed E-state index contributed by atoms with van der Waals surface area (Å²) in [6.45, 7) is 4.71. The molecule has 1 aromatic rings. The van der Waals surface area contributed by atoms with E-state index in [9.17, 15) is 4.79 Å². The fraction of sp³-hybridized carbons (Fsp3) is 0.533. The van der Waals surface area contributed by atoms with Gasteiger partial charge in [0.2, 0.25) is 0 Å². The fourth-order valence-corrected chi connectivity index (χ4v) is 1.95. The van der Waals surface area contributed by atoms with E-state index in [1.807, 2.05) is 44.3 Å². The lowest BCUT2D eigenvalue weighted by Crippen LogP contribution is -2.45. The smallest absolute Gasteiger partial charge is 0.258 e. The number of amides is 1. The van der Waals surface area contributed by atoms with Crippen LogP contribution in [0.25, 0.3) is 0 Å². The van der Waals surface area contributed by atoms with Crippen molar-refractivity contribution in [2.75, 3.05) is 20.7 Å². The number of unbranched alkanes of at least 4 members (excludes halogenated alkanes) is 1. The van der Waals surface area contributed by atoms with Crippen LogP contribution < -0.4 is 0 Å². The molecule has 0 fully saturated rings. The van der Waals surface area contributed by atoms with Gasteiger partial charge in [0.25, 0.3) is 5.91 Å². The number of rotatable bonds is 6. The first-order valence-electron chi connectivity index (χ1n) is 6.42. The Balaban J connectivity index is 2.91. The molecule has 1 amide bonds. The summed E-state index contributed by atoms with van der Waals surface area (Å²) in [6.07, 6.45) is 2.09. The molecule has 0 N–H and O–H groups in total. The van der Waals surface area contributed by atoms with Crippen LogP contribution in [0.1, 0.15) is 32.3 Å². The van der Waals surface area contributed by atoms with Crippen LogP contribution in [0.2, 0.25) is 0 Å². The Kier molecular flexibility index (Phi) is 5.35. The molecule has 0 radical (unpaired) electrons. The number of methoxy groups -OCH3 is 1. The maximum atomic E-state index is 12.5. The van der Waals surface area contributed by atoms with Crippen molar-refractivity contribution in [3.8, 4) is 0 Å². The van der Waals surface area contributed by atoms with E-state index in [4.69, 9.17) is 4.74 Å². The number of hydrogen-bond donors (Lipinski definition) is 0. The molecule has 1 atom stereocenters. The minimum atomic E-state index is -0.899. The van der Waals surface area contributed by atoms with Gasteiger partial charge >= 0.3 is 0 Å². The van der Waals surface area contributed by atoms with Crippen molar-refractivity contribution in [1.29, 1.82) is 0 Å². The van der Waals surface area contributed by atoms with Gasteiger partial charge in [-0.3, -0.25) is 4.79 Å². The molecule has 0 aromatic heterocycles. The molecule has 3 nitrogen and oxygen atoms in total. The van der Waals surface area contributed by atoms with Crippen molar-refractivity contribution in [1.82, 2.24) is 4.90 Å². The van der Waals surface area contributed by atoms with Crippen LogP contribution in [-0.4, -0.2) is 31.5 Å². The van der Waals surface area contributed by atoms with E-state index in [1.54, 1.807) is 12.0 Å². The van der Waals surface area contributed by atoms with E-state index in [0.29, 0.717) is 0 Å². The first kappa shape index (κ1) is 14.7. The molecule has 3 heteroatoms. The minimum Gasteiger partial charge on any atom is -0.364 e. The third kappa shape index (κ3) is 3.10. The second-order valence-electron chi connectivity index (χ2n) is 4.68. The van der Waals surface area contributed by atoms with E-state index >= 15 is 0 Å². The number of likely N-dealkylation sites (N-methyl/N-ethyl adjacent to an activating group) is 1. The molecule has 0 saturated heterocycles. The Hall–Kier alpha value is -1.35. The van der Waals surface area contributed by atoms with Gasteiger partial charge in [-0.2, -0.15) is 0 Å². The van der Waals surface area contributed by atoms with Gasteiger partial charge in [-0.15, -0.1) is 0 Å². The van der Waals surface area contributed by atoms with Crippen LogP contribution >= 0.6 is 0 Å². The molecular weight excluding hydrogens is 226 g/mol. The average Bonchev–Trinajstić information content (AvgIpc) is 2.43. The van der Waals surface area contributed by atoms with Gasteiger partial charge in [-0.05, 0) is 18.9 Å². The Bertz CT molecular complexity index is 377. The number of benzene rings is 1. The Morgan fingerprint density at radius 3 is 2.44 bits per heavy atom. The van der Waals surface area contributed by atoms with Gasteiger partial charge in [0.1, 0.15) is 0 Å². The normalized spacial score (nSPS) is 14.0. The number of ether oxygens (including phenoxy) is 1. The molecule has 0 spiro atoms. The molecule has 0 bridgehead atoms. The molecule has 100 valence electrons. The largest absolute Gasteiger partial charge is 0.364 e. The standard InChI is InChI=1S/C15H23NO2/c1-5-6-12-16(3)14(17)15(2,18-4)13-10-8-7-9-11-13/h7-11H,5-6,12H2,1-4H3/t15-/m0/s1. The van der Waals surface area contributed by atoms with E-state index in [0.717, 1.165) is 24.9 Å². The van der Waals surface area contributed by atoms with Crippen molar-refractivity contribution in [2.24, 2.45) is 0 Å². The lowest BCUT2D eigenvalue weighted by molar-refractivity contribution is -0.153. The Morgan fingerprint density at radius 2 is 1.94 bits per heavy atom. The maximum Gasteiger partial charge on any atom is 0.258 e. The highest BCUT2D eigenvalue weighted by molar-refractivity contribution is 5.86. The number of hydrogen-bond acceptors (Lipinski definition) is 2. The third-order valence-corrected chi connectivity index (χ3v) is 3.33. The molecule has 0 heterocycles. The van der Waals surface area contributed by atoms with Crippen molar-refractivity contribution in [2.45, 2.75) is 32.3 Å². The minimum absolute atomic E-state index is 0.00431. The van der Waals surface area contributed by atoms with Crippen LogP contribution in [0.5, 0.6) is 0 Å². The number of carbonyl (C=O) groups excluding carboxylic acids is 1. The highest BCUT2D eigenvalue weighted by atomic mass is 16.5. The average molecular weight is 249 g/mol. The summed E-state index contributed by atoms with van der Waals surface area (Å²) in [6, 6.07) is 9.63. The van der Waals surface area contributed by atoms with Crippen molar-refractivity contribution < 1.29 is 9.53 Å². The molecular formula is C15H23NO2. The predicted octanol–water partition coefficient (Wildman–Crippen LogP) is 2.81. The molecule has 18 heavy (non-hydrogen) atoms. The van der Waals surface area contributed by atoms with E-state index < -0.39 is 5.60 Å². The topological polar surface area (TPSA) is 29.5 Å². The van der Waals surface area contributed by atoms with Gasteiger partial charge in [-0.25, -0.2) is 0 Å². The molecule has 0 aliphatic carbocycles.